The van der Waals surface area contributed by atoms with Gasteiger partial charge in [0.25, 0.3) is 0 Å². The monoisotopic (exact) mass is 247 g/mol. The molecule has 18 heavy (non-hydrogen) atoms. The third kappa shape index (κ3) is 3.10. The standard InChI is InChI=1S/C15H21NO2/c1-10-9-15(18-3)11(2)8-13(10)14(17)6-7-16-12-4-5-12/h8-9,12,16H,4-7H2,1-3H3. The fourth-order valence-electron chi connectivity index (χ4n) is 2.12. The molecule has 0 atom stereocenters. The lowest BCUT2D eigenvalue weighted by Crippen LogP contribution is -2.20. The van der Waals surface area contributed by atoms with Crippen molar-refractivity contribution in [1.29, 1.82) is 0 Å². The van der Waals surface area contributed by atoms with Gasteiger partial charge in [-0.15, -0.1) is 0 Å². The summed E-state index contributed by atoms with van der Waals surface area (Å²) in [6.07, 6.45) is 3.09. The molecule has 0 amide bonds. The quantitative estimate of drug-likeness (QED) is 0.785. The fraction of sp³-hybridized carbons (Fsp3) is 0.533. The van der Waals surface area contributed by atoms with Gasteiger partial charge in [-0.05, 0) is 49.9 Å². The minimum atomic E-state index is 0.214. The number of ketones is 1. The van der Waals surface area contributed by atoms with Crippen molar-refractivity contribution in [3.63, 3.8) is 0 Å². The zero-order valence-electron chi connectivity index (χ0n) is 11.4. The lowest BCUT2D eigenvalue weighted by atomic mass is 9.99. The number of hydrogen-bond donors (Lipinski definition) is 1. The van der Waals surface area contributed by atoms with E-state index in [2.05, 4.69) is 5.32 Å². The molecule has 0 saturated heterocycles. The minimum Gasteiger partial charge on any atom is -0.496 e. The van der Waals surface area contributed by atoms with Crippen LogP contribution in [0.5, 0.6) is 5.75 Å². The molecular formula is C15H21NO2. The molecule has 1 aromatic carbocycles. The Bertz CT molecular complexity index is 450. The first-order valence-corrected chi connectivity index (χ1v) is 6.53. The van der Waals surface area contributed by atoms with Crippen LogP contribution in [0.4, 0.5) is 0 Å². The number of nitrogens with one attached hydrogen (secondary N) is 1. The maximum Gasteiger partial charge on any atom is 0.164 e. The van der Waals surface area contributed by atoms with E-state index in [9.17, 15) is 4.79 Å². The number of carbonyl (C=O) groups is 1. The van der Waals surface area contributed by atoms with Crippen LogP contribution in [-0.4, -0.2) is 25.5 Å². The Balaban J connectivity index is 2.01. The molecule has 1 saturated carbocycles. The molecule has 0 aliphatic heterocycles. The highest BCUT2D eigenvalue weighted by atomic mass is 16.5. The zero-order chi connectivity index (χ0) is 13.1. The summed E-state index contributed by atoms with van der Waals surface area (Å²) in [6, 6.07) is 4.54. The van der Waals surface area contributed by atoms with Gasteiger partial charge in [-0.25, -0.2) is 0 Å². The van der Waals surface area contributed by atoms with E-state index in [1.54, 1.807) is 7.11 Å². The van der Waals surface area contributed by atoms with E-state index in [1.165, 1.54) is 12.8 Å². The summed E-state index contributed by atoms with van der Waals surface area (Å²) < 4.78 is 5.26. The van der Waals surface area contributed by atoms with Crippen molar-refractivity contribution in [3.8, 4) is 5.75 Å². The van der Waals surface area contributed by atoms with E-state index in [4.69, 9.17) is 4.74 Å². The lowest BCUT2D eigenvalue weighted by molar-refractivity contribution is 0.0982. The van der Waals surface area contributed by atoms with Gasteiger partial charge in [-0.1, -0.05) is 0 Å². The van der Waals surface area contributed by atoms with Gasteiger partial charge in [0.2, 0.25) is 0 Å². The smallest absolute Gasteiger partial charge is 0.164 e. The Morgan fingerprint density at radius 3 is 2.67 bits per heavy atom. The Morgan fingerprint density at radius 2 is 2.06 bits per heavy atom. The van der Waals surface area contributed by atoms with Crippen molar-refractivity contribution in [1.82, 2.24) is 5.32 Å². The second-order valence-electron chi connectivity index (χ2n) is 5.04. The second kappa shape index (κ2) is 5.53. The van der Waals surface area contributed by atoms with E-state index < -0.39 is 0 Å². The molecule has 0 aromatic heterocycles. The summed E-state index contributed by atoms with van der Waals surface area (Å²) in [4.78, 5) is 12.1. The Hall–Kier alpha value is -1.35. The number of carbonyl (C=O) groups excluding carboxylic acids is 1. The number of benzene rings is 1. The van der Waals surface area contributed by atoms with Gasteiger partial charge in [0.05, 0.1) is 7.11 Å². The van der Waals surface area contributed by atoms with Crippen LogP contribution in [0, 0.1) is 13.8 Å². The molecular weight excluding hydrogens is 226 g/mol. The predicted octanol–water partition coefficient (Wildman–Crippen LogP) is 2.64. The van der Waals surface area contributed by atoms with E-state index in [-0.39, 0.29) is 5.78 Å². The Labute approximate surface area is 109 Å². The molecule has 3 nitrogen and oxygen atoms in total. The summed E-state index contributed by atoms with van der Waals surface area (Å²) >= 11 is 0. The first kappa shape index (κ1) is 13.1. The highest BCUT2D eigenvalue weighted by molar-refractivity contribution is 5.98. The molecule has 2 rings (SSSR count). The minimum absolute atomic E-state index is 0.214. The number of rotatable bonds is 6. The van der Waals surface area contributed by atoms with Gasteiger partial charge in [0.1, 0.15) is 5.75 Å². The predicted molar refractivity (Wildman–Crippen MR) is 72.4 cm³/mol. The highest BCUT2D eigenvalue weighted by Crippen LogP contribution is 2.23. The molecule has 98 valence electrons. The van der Waals surface area contributed by atoms with Crippen LogP contribution in [0.15, 0.2) is 12.1 Å². The highest BCUT2D eigenvalue weighted by Gasteiger charge is 2.20. The van der Waals surface area contributed by atoms with Crippen molar-refractivity contribution in [2.24, 2.45) is 0 Å². The molecule has 0 bridgehead atoms. The molecule has 0 unspecified atom stereocenters. The molecule has 1 N–H and O–H groups in total. The van der Waals surface area contributed by atoms with Gasteiger partial charge in [0.15, 0.2) is 5.78 Å². The van der Waals surface area contributed by atoms with Gasteiger partial charge in [-0.3, -0.25) is 4.79 Å². The summed E-state index contributed by atoms with van der Waals surface area (Å²) in [5, 5.41) is 3.37. The van der Waals surface area contributed by atoms with Gasteiger partial charge >= 0.3 is 0 Å². The third-order valence-electron chi connectivity index (χ3n) is 3.40. The average molecular weight is 247 g/mol. The van der Waals surface area contributed by atoms with E-state index in [0.717, 1.165) is 29.0 Å². The zero-order valence-corrected chi connectivity index (χ0v) is 11.4. The molecule has 0 heterocycles. The largest absolute Gasteiger partial charge is 0.496 e. The lowest BCUT2D eigenvalue weighted by Gasteiger charge is -2.10. The number of hydrogen-bond acceptors (Lipinski definition) is 3. The normalized spacial score (nSPS) is 14.6. The van der Waals surface area contributed by atoms with E-state index in [0.29, 0.717) is 12.5 Å². The third-order valence-corrected chi connectivity index (χ3v) is 3.40. The van der Waals surface area contributed by atoms with Crippen molar-refractivity contribution >= 4 is 5.78 Å². The Kier molecular flexibility index (Phi) is 4.02. The number of ether oxygens (including phenoxy) is 1. The summed E-state index contributed by atoms with van der Waals surface area (Å²) in [5.74, 6) is 1.06. The number of Topliss-reactive ketones (excluding diaryl/α,β-unsaturated/α-hetero) is 1. The van der Waals surface area contributed by atoms with Crippen molar-refractivity contribution in [3.05, 3.63) is 28.8 Å². The van der Waals surface area contributed by atoms with Crippen molar-refractivity contribution in [2.45, 2.75) is 39.2 Å². The first-order chi connectivity index (χ1) is 8.61. The fourth-order valence-corrected chi connectivity index (χ4v) is 2.12. The van der Waals surface area contributed by atoms with Crippen LogP contribution >= 0.6 is 0 Å². The molecule has 1 fully saturated rings. The van der Waals surface area contributed by atoms with Gasteiger partial charge in [-0.2, -0.15) is 0 Å². The number of aryl methyl sites for hydroxylation is 2. The molecule has 1 aromatic rings. The molecule has 1 aliphatic carbocycles. The molecule has 1 aliphatic rings. The van der Waals surface area contributed by atoms with Crippen molar-refractivity contribution < 1.29 is 9.53 Å². The molecule has 0 radical (unpaired) electrons. The average Bonchev–Trinajstić information content (AvgIpc) is 3.15. The summed E-state index contributed by atoms with van der Waals surface area (Å²) in [6.45, 7) is 4.72. The maximum atomic E-state index is 12.1. The van der Waals surface area contributed by atoms with Crippen molar-refractivity contribution in [2.75, 3.05) is 13.7 Å². The van der Waals surface area contributed by atoms with E-state index in [1.807, 2.05) is 26.0 Å². The van der Waals surface area contributed by atoms with Crippen LogP contribution in [0.1, 0.15) is 40.7 Å². The Morgan fingerprint density at radius 1 is 1.33 bits per heavy atom. The van der Waals surface area contributed by atoms with Gasteiger partial charge in [0, 0.05) is 24.6 Å². The van der Waals surface area contributed by atoms with Crippen LogP contribution in [0.2, 0.25) is 0 Å². The molecule has 3 heteroatoms. The first-order valence-electron chi connectivity index (χ1n) is 6.53. The van der Waals surface area contributed by atoms with Crippen LogP contribution < -0.4 is 10.1 Å². The van der Waals surface area contributed by atoms with E-state index >= 15 is 0 Å². The van der Waals surface area contributed by atoms with Crippen LogP contribution in [-0.2, 0) is 0 Å². The SMILES string of the molecule is COc1cc(C)c(C(=O)CCNC2CC2)cc1C. The summed E-state index contributed by atoms with van der Waals surface area (Å²) in [5.41, 5.74) is 2.83. The summed E-state index contributed by atoms with van der Waals surface area (Å²) in [7, 11) is 1.66. The topological polar surface area (TPSA) is 38.3 Å². The second-order valence-corrected chi connectivity index (χ2v) is 5.04. The number of methoxy groups -OCH3 is 1. The van der Waals surface area contributed by atoms with Crippen LogP contribution in [0.25, 0.3) is 0 Å². The molecule has 0 spiro atoms. The maximum absolute atomic E-state index is 12.1. The van der Waals surface area contributed by atoms with Crippen LogP contribution in [0.3, 0.4) is 0 Å². The van der Waals surface area contributed by atoms with Gasteiger partial charge < -0.3 is 10.1 Å².